The molecule has 0 aliphatic rings. The molecule has 0 aromatic heterocycles. The second-order valence-corrected chi connectivity index (χ2v) is 10.8. The SMILES string of the molecule is CCCCCCCC/C=C\CCCCCCCCOC(C)(C)C(N)COCCCCCCCC. The van der Waals surface area contributed by atoms with E-state index in [4.69, 9.17) is 15.2 Å². The van der Waals surface area contributed by atoms with Gasteiger partial charge in [-0.3, -0.25) is 0 Å². The number of unbranched alkanes of at least 4 members (excludes halogenated alkanes) is 17. The third kappa shape index (κ3) is 23.4. The van der Waals surface area contributed by atoms with Gasteiger partial charge in [-0.05, 0) is 52.4 Å². The molecule has 0 aliphatic carbocycles. The van der Waals surface area contributed by atoms with E-state index in [9.17, 15) is 0 Å². The summed E-state index contributed by atoms with van der Waals surface area (Å²) in [6.45, 7) is 11.0. The van der Waals surface area contributed by atoms with E-state index < -0.39 is 0 Å². The zero-order valence-electron chi connectivity index (χ0n) is 23.9. The first kappa shape index (κ1) is 33.6. The van der Waals surface area contributed by atoms with Crippen molar-refractivity contribution in [2.45, 2.75) is 168 Å². The Morgan fingerprint density at radius 1 is 0.588 bits per heavy atom. The maximum absolute atomic E-state index is 6.35. The fourth-order valence-electron chi connectivity index (χ4n) is 4.19. The Balaban J connectivity index is 3.46. The van der Waals surface area contributed by atoms with E-state index >= 15 is 0 Å². The molecule has 0 aromatic rings. The van der Waals surface area contributed by atoms with Crippen LogP contribution in [0.4, 0.5) is 0 Å². The Morgan fingerprint density at radius 3 is 1.50 bits per heavy atom. The molecule has 0 aromatic carbocycles. The van der Waals surface area contributed by atoms with Crippen LogP contribution in [0.5, 0.6) is 0 Å². The number of hydrogen-bond acceptors (Lipinski definition) is 3. The Hall–Kier alpha value is -0.380. The largest absolute Gasteiger partial charge is 0.380 e. The molecule has 0 bridgehead atoms. The second-order valence-electron chi connectivity index (χ2n) is 10.8. The topological polar surface area (TPSA) is 44.5 Å². The molecule has 0 aliphatic heterocycles. The van der Waals surface area contributed by atoms with Crippen molar-refractivity contribution < 1.29 is 9.47 Å². The first-order chi connectivity index (χ1) is 16.5. The summed E-state index contributed by atoms with van der Waals surface area (Å²) >= 11 is 0. The molecule has 0 heterocycles. The minimum absolute atomic E-state index is 0.0679. The van der Waals surface area contributed by atoms with Crippen LogP contribution in [-0.2, 0) is 9.47 Å². The molecule has 0 rings (SSSR count). The second kappa shape index (κ2) is 25.7. The van der Waals surface area contributed by atoms with Gasteiger partial charge < -0.3 is 15.2 Å². The molecule has 204 valence electrons. The predicted octanol–water partition coefficient (Wildman–Crippen LogP) is 9.52. The van der Waals surface area contributed by atoms with Gasteiger partial charge in [0.2, 0.25) is 0 Å². The lowest BCUT2D eigenvalue weighted by molar-refractivity contribution is -0.0566. The lowest BCUT2D eigenvalue weighted by Crippen LogP contribution is -2.48. The van der Waals surface area contributed by atoms with Crippen LogP contribution < -0.4 is 5.73 Å². The molecule has 0 spiro atoms. The highest BCUT2D eigenvalue weighted by Gasteiger charge is 2.27. The third-order valence-electron chi connectivity index (χ3n) is 6.96. The monoisotopic (exact) mass is 481 g/mol. The molecule has 1 atom stereocenters. The summed E-state index contributed by atoms with van der Waals surface area (Å²) < 4.78 is 11.9. The van der Waals surface area contributed by atoms with E-state index in [0.29, 0.717) is 6.61 Å². The van der Waals surface area contributed by atoms with Gasteiger partial charge in [0.15, 0.2) is 0 Å². The van der Waals surface area contributed by atoms with Crippen molar-refractivity contribution in [1.29, 1.82) is 0 Å². The molecule has 34 heavy (non-hydrogen) atoms. The standard InChI is InChI=1S/C31H63NO2/c1-5-7-9-11-13-14-15-16-17-18-19-20-21-22-24-26-28-34-31(3,4)30(32)29-33-27-25-23-12-10-8-6-2/h16-17,30H,5-15,18-29,32H2,1-4H3/b17-16-. The van der Waals surface area contributed by atoms with Crippen molar-refractivity contribution in [3.8, 4) is 0 Å². The average molecular weight is 482 g/mol. The van der Waals surface area contributed by atoms with Crippen LogP contribution in [0.2, 0.25) is 0 Å². The van der Waals surface area contributed by atoms with E-state index in [1.807, 2.05) is 0 Å². The smallest absolute Gasteiger partial charge is 0.0799 e. The van der Waals surface area contributed by atoms with Gasteiger partial charge in [0, 0.05) is 13.2 Å². The lowest BCUT2D eigenvalue weighted by Gasteiger charge is -2.31. The summed E-state index contributed by atoms with van der Waals surface area (Å²) in [5.41, 5.74) is 6.03. The highest BCUT2D eigenvalue weighted by molar-refractivity contribution is 4.83. The molecule has 3 nitrogen and oxygen atoms in total. The summed E-state index contributed by atoms with van der Waals surface area (Å²) in [5.74, 6) is 0. The summed E-state index contributed by atoms with van der Waals surface area (Å²) in [5, 5.41) is 0. The van der Waals surface area contributed by atoms with Gasteiger partial charge >= 0.3 is 0 Å². The lowest BCUT2D eigenvalue weighted by atomic mass is 10.00. The molecule has 0 saturated carbocycles. The fraction of sp³-hybridized carbons (Fsp3) is 0.935. The summed E-state index contributed by atoms with van der Waals surface area (Å²) in [6, 6.07) is -0.0679. The molecule has 0 saturated heterocycles. The molecule has 1 unspecified atom stereocenters. The fourth-order valence-corrected chi connectivity index (χ4v) is 4.19. The van der Waals surface area contributed by atoms with Gasteiger partial charge in [-0.2, -0.15) is 0 Å². The Kier molecular flexibility index (Phi) is 25.4. The highest BCUT2D eigenvalue weighted by atomic mass is 16.5. The van der Waals surface area contributed by atoms with Crippen LogP contribution in [0, 0.1) is 0 Å². The zero-order chi connectivity index (χ0) is 25.2. The van der Waals surface area contributed by atoms with E-state index in [0.717, 1.165) is 26.1 Å². The number of rotatable bonds is 27. The van der Waals surface area contributed by atoms with Gasteiger partial charge in [0.1, 0.15) is 0 Å². The van der Waals surface area contributed by atoms with Crippen molar-refractivity contribution in [1.82, 2.24) is 0 Å². The number of nitrogens with two attached hydrogens (primary N) is 1. The Bertz CT molecular complexity index is 422. The number of ether oxygens (including phenoxy) is 2. The van der Waals surface area contributed by atoms with E-state index in [2.05, 4.69) is 39.8 Å². The first-order valence-corrected chi connectivity index (χ1v) is 15.2. The van der Waals surface area contributed by atoms with Crippen LogP contribution in [0.3, 0.4) is 0 Å². The van der Waals surface area contributed by atoms with E-state index in [1.54, 1.807) is 0 Å². The zero-order valence-corrected chi connectivity index (χ0v) is 23.9. The van der Waals surface area contributed by atoms with Crippen LogP contribution in [0.25, 0.3) is 0 Å². The maximum Gasteiger partial charge on any atom is 0.0799 e. The van der Waals surface area contributed by atoms with Crippen molar-refractivity contribution >= 4 is 0 Å². The molecule has 0 radical (unpaired) electrons. The molecule has 3 heteroatoms. The number of allylic oxidation sites excluding steroid dienone is 2. The Labute approximate surface area is 215 Å². The molecular weight excluding hydrogens is 418 g/mol. The van der Waals surface area contributed by atoms with Gasteiger partial charge in [-0.15, -0.1) is 0 Å². The van der Waals surface area contributed by atoms with Crippen LogP contribution in [0.15, 0.2) is 12.2 Å². The molecule has 0 amide bonds. The molecular formula is C31H63NO2. The Morgan fingerprint density at radius 2 is 1.00 bits per heavy atom. The minimum Gasteiger partial charge on any atom is -0.380 e. The van der Waals surface area contributed by atoms with Crippen molar-refractivity contribution in [3.05, 3.63) is 12.2 Å². The normalized spacial score (nSPS) is 13.2. The van der Waals surface area contributed by atoms with Crippen molar-refractivity contribution in [3.63, 3.8) is 0 Å². The van der Waals surface area contributed by atoms with Gasteiger partial charge in [-0.1, -0.05) is 116 Å². The maximum atomic E-state index is 6.35. The van der Waals surface area contributed by atoms with Crippen molar-refractivity contribution in [2.75, 3.05) is 19.8 Å². The average Bonchev–Trinajstić information content (AvgIpc) is 2.82. The summed E-state index contributed by atoms with van der Waals surface area (Å²) in [7, 11) is 0. The van der Waals surface area contributed by atoms with Gasteiger partial charge in [0.25, 0.3) is 0 Å². The van der Waals surface area contributed by atoms with Crippen molar-refractivity contribution in [2.24, 2.45) is 5.73 Å². The quantitative estimate of drug-likeness (QED) is 0.0938. The predicted molar refractivity (Wildman–Crippen MR) is 152 cm³/mol. The van der Waals surface area contributed by atoms with Crippen LogP contribution in [0.1, 0.15) is 156 Å². The van der Waals surface area contributed by atoms with Crippen LogP contribution in [-0.4, -0.2) is 31.5 Å². The molecule has 0 fully saturated rings. The first-order valence-electron chi connectivity index (χ1n) is 15.2. The minimum atomic E-state index is -0.317. The molecule has 2 N–H and O–H groups in total. The third-order valence-corrected chi connectivity index (χ3v) is 6.96. The highest BCUT2D eigenvalue weighted by Crippen LogP contribution is 2.16. The van der Waals surface area contributed by atoms with E-state index in [-0.39, 0.29) is 11.6 Å². The van der Waals surface area contributed by atoms with Gasteiger partial charge in [-0.25, -0.2) is 0 Å². The summed E-state index contributed by atoms with van der Waals surface area (Å²) in [4.78, 5) is 0. The number of hydrogen-bond donors (Lipinski definition) is 1. The van der Waals surface area contributed by atoms with Gasteiger partial charge in [0.05, 0.1) is 18.2 Å². The van der Waals surface area contributed by atoms with E-state index in [1.165, 1.54) is 116 Å². The van der Waals surface area contributed by atoms with Crippen LogP contribution >= 0.6 is 0 Å². The summed E-state index contributed by atoms with van der Waals surface area (Å²) in [6.07, 6.45) is 31.2.